The van der Waals surface area contributed by atoms with Crippen molar-refractivity contribution in [1.29, 1.82) is 0 Å². The maximum absolute atomic E-state index is 1.59. The monoisotopic (exact) mass is 216 g/mol. The summed E-state index contributed by atoms with van der Waals surface area (Å²) in [6, 6.07) is 0. The predicted octanol–water partition coefficient (Wildman–Crippen LogP) is 0.940. The minimum atomic E-state index is 1.12. The third kappa shape index (κ3) is 1.66. The predicted molar refractivity (Wildman–Crippen MR) is 30.4 cm³/mol. The molecule has 0 aromatic rings. The van der Waals surface area contributed by atoms with Crippen LogP contribution in [0, 0.1) is 0 Å². The Kier molecular flexibility index (Phi) is 2.67. The van der Waals surface area contributed by atoms with Gasteiger partial charge in [0.05, 0.1) is 0 Å². The van der Waals surface area contributed by atoms with E-state index in [1.165, 1.54) is 0 Å². The van der Waals surface area contributed by atoms with Crippen LogP contribution in [-0.2, 0) is 0 Å². The normalized spacial score (nSPS) is 24.0. The number of hydrogen-bond acceptors (Lipinski definition) is 0. The summed E-state index contributed by atoms with van der Waals surface area (Å²) in [6.45, 7) is 0. The zero-order valence-electron chi connectivity index (χ0n) is 3.64. The average Bonchev–Trinajstić information content (AvgIpc) is 1.72. The first-order chi connectivity index (χ1) is 3.00. The maximum atomic E-state index is 1.59. The topological polar surface area (TPSA) is 0 Å². The summed E-state index contributed by atoms with van der Waals surface area (Å²) in [5.74, 6) is 0. The molecule has 0 amide bonds. The third-order valence-corrected chi connectivity index (χ3v) is 8.50. The van der Waals surface area contributed by atoms with Gasteiger partial charge in [-0.3, -0.25) is 0 Å². The first kappa shape index (κ1) is 5.18. The van der Waals surface area contributed by atoms with Gasteiger partial charge in [-0.2, -0.15) is 0 Å². The van der Waals surface area contributed by atoms with Gasteiger partial charge in [-0.1, -0.05) is 0 Å². The van der Waals surface area contributed by atoms with Crippen LogP contribution in [0.15, 0.2) is 0 Å². The molecule has 0 radical (unpaired) electrons. The van der Waals surface area contributed by atoms with Crippen molar-refractivity contribution < 1.29 is 0 Å². The zero-order chi connectivity index (χ0) is 4.24. The van der Waals surface area contributed by atoms with E-state index in [2.05, 4.69) is 0 Å². The minimum absolute atomic E-state index is 1.12. The van der Waals surface area contributed by atoms with Gasteiger partial charge in [0.1, 0.15) is 0 Å². The van der Waals surface area contributed by atoms with E-state index in [-0.39, 0.29) is 0 Å². The standard InChI is InChI=1S/C4H8Se2/c1-2-4-6-5-3-1/h1-4H2. The molecule has 36 valence electrons. The summed E-state index contributed by atoms with van der Waals surface area (Å²) in [5, 5.41) is 3.18. The summed E-state index contributed by atoms with van der Waals surface area (Å²) in [4.78, 5) is 0. The molecular weight excluding hydrogens is 206 g/mol. The Bertz CT molecular complexity index is 21.0. The van der Waals surface area contributed by atoms with Crippen LogP contribution in [0.3, 0.4) is 0 Å². The van der Waals surface area contributed by atoms with Crippen LogP contribution in [0.25, 0.3) is 0 Å². The molecule has 1 rings (SSSR count). The van der Waals surface area contributed by atoms with Gasteiger partial charge in [0.2, 0.25) is 0 Å². The fraction of sp³-hybridized carbons (Fsp3) is 1.00. The molecule has 1 saturated heterocycles. The summed E-state index contributed by atoms with van der Waals surface area (Å²) in [7, 11) is 0. The zero-order valence-corrected chi connectivity index (χ0v) is 7.07. The van der Waals surface area contributed by atoms with Crippen molar-refractivity contribution >= 4 is 26.3 Å². The Labute approximate surface area is 49.9 Å². The van der Waals surface area contributed by atoms with Crippen molar-refractivity contribution in [1.82, 2.24) is 0 Å². The average molecular weight is 214 g/mol. The van der Waals surface area contributed by atoms with Crippen LogP contribution in [0.4, 0.5) is 0 Å². The number of hydrogen-bond donors (Lipinski definition) is 0. The van der Waals surface area contributed by atoms with Gasteiger partial charge in [-0.05, 0) is 0 Å². The molecule has 1 aliphatic heterocycles. The Morgan fingerprint density at radius 2 is 1.33 bits per heavy atom. The Morgan fingerprint density at radius 3 is 1.50 bits per heavy atom. The molecule has 6 heavy (non-hydrogen) atoms. The molecule has 0 saturated carbocycles. The van der Waals surface area contributed by atoms with E-state index in [1.807, 2.05) is 0 Å². The van der Waals surface area contributed by atoms with E-state index >= 15 is 0 Å². The fourth-order valence-electron chi connectivity index (χ4n) is 0.440. The molecule has 0 nitrogen and oxygen atoms in total. The van der Waals surface area contributed by atoms with Crippen LogP contribution in [0.5, 0.6) is 0 Å². The van der Waals surface area contributed by atoms with Gasteiger partial charge in [0.25, 0.3) is 0 Å². The molecule has 1 aliphatic rings. The molecule has 0 aliphatic carbocycles. The molecule has 1 heterocycles. The van der Waals surface area contributed by atoms with Crippen LogP contribution in [-0.4, -0.2) is 26.3 Å². The second kappa shape index (κ2) is 3.09. The molecule has 1 fully saturated rings. The van der Waals surface area contributed by atoms with Crippen LogP contribution >= 0.6 is 0 Å². The third-order valence-electron chi connectivity index (χ3n) is 0.789. The van der Waals surface area contributed by atoms with Gasteiger partial charge in [0.15, 0.2) is 0 Å². The molecule has 0 N–H and O–H groups in total. The molecule has 0 bridgehead atoms. The molecule has 2 heteroatoms. The second-order valence-corrected chi connectivity index (χ2v) is 9.19. The first-order valence-electron chi connectivity index (χ1n) is 2.24. The van der Waals surface area contributed by atoms with Crippen molar-refractivity contribution in [3.8, 4) is 0 Å². The van der Waals surface area contributed by atoms with Gasteiger partial charge < -0.3 is 0 Å². The first-order valence-corrected chi connectivity index (χ1v) is 9.00. The fourth-order valence-corrected chi connectivity index (χ4v) is 7.42. The summed E-state index contributed by atoms with van der Waals surface area (Å²) < 4.78 is 0. The molecule has 0 spiro atoms. The van der Waals surface area contributed by atoms with Gasteiger partial charge >= 0.3 is 49.7 Å². The van der Waals surface area contributed by atoms with Gasteiger partial charge in [0, 0.05) is 0 Å². The quantitative estimate of drug-likeness (QED) is 0.526. The van der Waals surface area contributed by atoms with E-state index in [0.29, 0.717) is 0 Å². The van der Waals surface area contributed by atoms with Crippen molar-refractivity contribution in [2.45, 2.75) is 23.5 Å². The van der Waals surface area contributed by atoms with E-state index < -0.39 is 0 Å². The Balaban J connectivity index is 2.00. The van der Waals surface area contributed by atoms with Crippen molar-refractivity contribution in [3.05, 3.63) is 0 Å². The Hall–Kier alpha value is 1.04. The van der Waals surface area contributed by atoms with Gasteiger partial charge in [-0.15, -0.1) is 0 Å². The van der Waals surface area contributed by atoms with Crippen LogP contribution in [0.1, 0.15) is 12.8 Å². The summed E-state index contributed by atoms with van der Waals surface area (Å²) in [5.41, 5.74) is 0. The van der Waals surface area contributed by atoms with Crippen molar-refractivity contribution in [2.24, 2.45) is 0 Å². The molecule has 0 unspecified atom stereocenters. The van der Waals surface area contributed by atoms with Crippen LogP contribution in [0.2, 0.25) is 10.6 Å². The van der Waals surface area contributed by atoms with Crippen molar-refractivity contribution in [2.75, 3.05) is 0 Å². The van der Waals surface area contributed by atoms with Crippen molar-refractivity contribution in [3.63, 3.8) is 0 Å². The molecular formula is C4H8Se2. The summed E-state index contributed by atoms with van der Waals surface area (Å²) in [6.07, 6.45) is 3.09. The van der Waals surface area contributed by atoms with E-state index in [4.69, 9.17) is 0 Å². The van der Waals surface area contributed by atoms with E-state index in [1.54, 1.807) is 23.5 Å². The number of rotatable bonds is 0. The molecule has 0 aromatic carbocycles. The second-order valence-electron chi connectivity index (χ2n) is 1.35. The van der Waals surface area contributed by atoms with E-state index in [9.17, 15) is 0 Å². The summed E-state index contributed by atoms with van der Waals surface area (Å²) >= 11 is 2.23. The Morgan fingerprint density at radius 1 is 0.833 bits per heavy atom. The molecule has 0 atom stereocenters. The molecule has 0 aromatic heterocycles. The van der Waals surface area contributed by atoms with Gasteiger partial charge in [-0.25, -0.2) is 0 Å². The van der Waals surface area contributed by atoms with Crippen LogP contribution < -0.4 is 0 Å². The van der Waals surface area contributed by atoms with E-state index in [0.717, 1.165) is 26.3 Å². The SMILES string of the molecule is C1CC[Se][Se]C1.